The van der Waals surface area contributed by atoms with E-state index < -0.39 is 0 Å². The minimum Gasteiger partial charge on any atom is -0.376 e. The van der Waals surface area contributed by atoms with E-state index in [9.17, 15) is 0 Å². The summed E-state index contributed by atoms with van der Waals surface area (Å²) in [5.41, 5.74) is 6.35. The highest BCUT2D eigenvalue weighted by molar-refractivity contribution is 5.81. The fourth-order valence-electron chi connectivity index (χ4n) is 3.87. The molecule has 4 nitrogen and oxygen atoms in total. The predicted octanol–water partition coefficient (Wildman–Crippen LogP) is 1.74. The monoisotopic (exact) mass is 251 g/mol. The molecule has 3 rings (SSSR count). The van der Waals surface area contributed by atoms with Crippen LogP contribution >= 0.6 is 0 Å². The van der Waals surface area contributed by atoms with Crippen LogP contribution in [0, 0.1) is 5.92 Å². The second-order valence-electron chi connectivity index (χ2n) is 6.16. The topological polar surface area (TPSA) is 50.8 Å². The largest absolute Gasteiger partial charge is 0.376 e. The van der Waals surface area contributed by atoms with Gasteiger partial charge in [-0.3, -0.25) is 4.99 Å². The molecule has 0 aromatic rings. The van der Waals surface area contributed by atoms with Gasteiger partial charge in [-0.25, -0.2) is 0 Å². The zero-order valence-electron chi connectivity index (χ0n) is 11.4. The summed E-state index contributed by atoms with van der Waals surface area (Å²) in [6, 6.07) is 0. The van der Waals surface area contributed by atoms with Gasteiger partial charge in [-0.15, -0.1) is 0 Å². The first-order valence-electron chi connectivity index (χ1n) is 7.43. The number of ether oxygens (including phenoxy) is 1. The van der Waals surface area contributed by atoms with Crippen LogP contribution in [0.2, 0.25) is 0 Å². The molecule has 1 spiro atoms. The number of hydrogen-bond acceptors (Lipinski definition) is 4. The lowest BCUT2D eigenvalue weighted by atomic mass is 9.93. The lowest BCUT2D eigenvalue weighted by Crippen LogP contribution is -2.52. The fraction of sp³-hybridized carbons (Fsp3) is 0.929. The summed E-state index contributed by atoms with van der Waals surface area (Å²) in [6.07, 6.45) is 7.88. The van der Waals surface area contributed by atoms with Crippen LogP contribution in [-0.4, -0.2) is 42.2 Å². The van der Waals surface area contributed by atoms with Crippen molar-refractivity contribution in [2.45, 2.75) is 57.1 Å². The molecule has 4 heteroatoms. The average Bonchev–Trinajstić information content (AvgIpc) is 3.08. The molecule has 1 saturated carbocycles. The minimum atomic E-state index is 0.233. The Balaban J connectivity index is 1.70. The Hall–Kier alpha value is -0.770. The van der Waals surface area contributed by atoms with Crippen LogP contribution in [0.4, 0.5) is 0 Å². The molecule has 102 valence electrons. The van der Waals surface area contributed by atoms with E-state index in [0.29, 0.717) is 6.10 Å². The van der Waals surface area contributed by atoms with E-state index in [1.807, 2.05) is 0 Å². The van der Waals surface area contributed by atoms with Crippen molar-refractivity contribution in [1.29, 1.82) is 0 Å². The van der Waals surface area contributed by atoms with Crippen LogP contribution in [0.25, 0.3) is 0 Å². The number of guanidine groups is 1. The van der Waals surface area contributed by atoms with Crippen LogP contribution in [0.1, 0.15) is 45.4 Å². The van der Waals surface area contributed by atoms with Gasteiger partial charge in [-0.2, -0.15) is 0 Å². The molecule has 0 amide bonds. The maximum Gasteiger partial charge on any atom is 0.191 e. The Morgan fingerprint density at radius 3 is 3.06 bits per heavy atom. The van der Waals surface area contributed by atoms with E-state index in [-0.39, 0.29) is 5.54 Å². The number of rotatable bonds is 3. The Morgan fingerprint density at radius 1 is 1.50 bits per heavy atom. The Bertz CT molecular complexity index is 338. The molecule has 0 bridgehead atoms. The van der Waals surface area contributed by atoms with Crippen molar-refractivity contribution in [3.05, 3.63) is 0 Å². The van der Waals surface area contributed by atoms with Crippen LogP contribution < -0.4 is 5.73 Å². The smallest absolute Gasteiger partial charge is 0.191 e. The van der Waals surface area contributed by atoms with Gasteiger partial charge in [0.15, 0.2) is 5.96 Å². The van der Waals surface area contributed by atoms with Gasteiger partial charge >= 0.3 is 0 Å². The highest BCUT2D eigenvalue weighted by atomic mass is 16.5. The summed E-state index contributed by atoms with van der Waals surface area (Å²) >= 11 is 0. The van der Waals surface area contributed by atoms with Crippen LogP contribution in [0.5, 0.6) is 0 Å². The van der Waals surface area contributed by atoms with Gasteiger partial charge in [0.25, 0.3) is 0 Å². The zero-order valence-corrected chi connectivity index (χ0v) is 11.4. The maximum atomic E-state index is 6.12. The maximum absolute atomic E-state index is 6.12. The molecule has 0 aromatic carbocycles. The van der Waals surface area contributed by atoms with Gasteiger partial charge in [0, 0.05) is 13.2 Å². The number of hydrogen-bond donors (Lipinski definition) is 1. The van der Waals surface area contributed by atoms with E-state index >= 15 is 0 Å². The predicted molar refractivity (Wildman–Crippen MR) is 72.5 cm³/mol. The molecule has 3 aliphatic rings. The summed E-state index contributed by atoms with van der Waals surface area (Å²) in [5, 5.41) is 0. The third-order valence-electron chi connectivity index (χ3n) is 5.06. The molecule has 2 heterocycles. The van der Waals surface area contributed by atoms with Gasteiger partial charge in [-0.05, 0) is 38.0 Å². The highest BCUT2D eigenvalue weighted by Crippen LogP contribution is 2.43. The van der Waals surface area contributed by atoms with Crippen molar-refractivity contribution >= 4 is 5.96 Å². The van der Waals surface area contributed by atoms with Crippen molar-refractivity contribution in [1.82, 2.24) is 4.90 Å². The number of nitrogens with zero attached hydrogens (tertiary/aromatic N) is 2. The standard InChI is InChI=1S/C14H25N3O/c1-2-11-5-6-14(8-11)10-16-13(15)17(14)9-12-4-3-7-18-12/h11-12H,2-10H2,1H3,(H2,15,16). The lowest BCUT2D eigenvalue weighted by Gasteiger charge is -2.37. The number of nitrogens with two attached hydrogens (primary N) is 1. The summed E-state index contributed by atoms with van der Waals surface area (Å²) in [6.45, 7) is 5.07. The molecule has 2 fully saturated rings. The SMILES string of the molecule is CCC1CCC2(CN=C(N)N2CC2CCCO2)C1. The summed E-state index contributed by atoms with van der Waals surface area (Å²) < 4.78 is 5.77. The second kappa shape index (κ2) is 4.72. The van der Waals surface area contributed by atoms with E-state index in [1.165, 1.54) is 38.5 Å². The van der Waals surface area contributed by atoms with Gasteiger partial charge < -0.3 is 15.4 Å². The third-order valence-corrected chi connectivity index (χ3v) is 5.06. The van der Waals surface area contributed by atoms with Crippen LogP contribution in [-0.2, 0) is 4.74 Å². The third kappa shape index (κ3) is 2.00. The highest BCUT2D eigenvalue weighted by Gasteiger charge is 2.47. The van der Waals surface area contributed by atoms with Gasteiger partial charge in [-0.1, -0.05) is 13.3 Å². The molecule has 3 atom stereocenters. The van der Waals surface area contributed by atoms with Crippen molar-refractivity contribution < 1.29 is 4.74 Å². The first kappa shape index (κ1) is 12.3. The Morgan fingerprint density at radius 2 is 2.39 bits per heavy atom. The molecule has 2 N–H and O–H groups in total. The average molecular weight is 251 g/mol. The molecule has 1 saturated heterocycles. The zero-order chi connectivity index (χ0) is 12.6. The fourth-order valence-corrected chi connectivity index (χ4v) is 3.87. The minimum absolute atomic E-state index is 0.233. The van der Waals surface area contributed by atoms with E-state index in [0.717, 1.165) is 31.6 Å². The summed E-state index contributed by atoms with van der Waals surface area (Å²) in [7, 11) is 0. The van der Waals surface area contributed by atoms with Gasteiger partial charge in [0.1, 0.15) is 0 Å². The molecule has 1 aliphatic carbocycles. The molecule has 18 heavy (non-hydrogen) atoms. The number of aliphatic imine (C=N–C) groups is 1. The van der Waals surface area contributed by atoms with Crippen molar-refractivity contribution in [2.75, 3.05) is 19.7 Å². The Kier molecular flexibility index (Phi) is 3.22. The van der Waals surface area contributed by atoms with E-state index in [1.54, 1.807) is 0 Å². The molecule has 2 aliphatic heterocycles. The second-order valence-corrected chi connectivity index (χ2v) is 6.16. The van der Waals surface area contributed by atoms with E-state index in [2.05, 4.69) is 16.8 Å². The Labute approximate surface area is 110 Å². The first-order chi connectivity index (χ1) is 8.73. The summed E-state index contributed by atoms with van der Waals surface area (Å²) in [4.78, 5) is 6.90. The van der Waals surface area contributed by atoms with Crippen LogP contribution in [0.15, 0.2) is 4.99 Å². The quantitative estimate of drug-likeness (QED) is 0.831. The van der Waals surface area contributed by atoms with Crippen molar-refractivity contribution in [2.24, 2.45) is 16.6 Å². The first-order valence-corrected chi connectivity index (χ1v) is 7.43. The molecule has 0 aromatic heterocycles. The molecular formula is C14H25N3O. The van der Waals surface area contributed by atoms with Crippen molar-refractivity contribution in [3.8, 4) is 0 Å². The van der Waals surface area contributed by atoms with Gasteiger partial charge in [0.2, 0.25) is 0 Å². The van der Waals surface area contributed by atoms with Gasteiger partial charge in [0.05, 0.1) is 18.2 Å². The normalized spacial score (nSPS) is 39.8. The van der Waals surface area contributed by atoms with Crippen molar-refractivity contribution in [3.63, 3.8) is 0 Å². The van der Waals surface area contributed by atoms with E-state index in [4.69, 9.17) is 10.5 Å². The van der Waals surface area contributed by atoms with Crippen LogP contribution in [0.3, 0.4) is 0 Å². The molecule has 3 unspecified atom stereocenters. The lowest BCUT2D eigenvalue weighted by molar-refractivity contribution is 0.0657. The molecule has 0 radical (unpaired) electrons. The molecular weight excluding hydrogens is 226 g/mol. The summed E-state index contributed by atoms with van der Waals surface area (Å²) in [5.74, 6) is 1.61.